The van der Waals surface area contributed by atoms with E-state index in [0.29, 0.717) is 11.6 Å². The van der Waals surface area contributed by atoms with Crippen LogP contribution in [0.5, 0.6) is 0 Å². The summed E-state index contributed by atoms with van der Waals surface area (Å²) in [5, 5.41) is 11.8. The number of nitriles is 1. The van der Waals surface area contributed by atoms with E-state index in [4.69, 9.17) is 0 Å². The molecule has 2 atom stereocenters. The van der Waals surface area contributed by atoms with E-state index in [2.05, 4.69) is 10.3 Å². The van der Waals surface area contributed by atoms with Gasteiger partial charge in [0.25, 0.3) is 11.8 Å². The summed E-state index contributed by atoms with van der Waals surface area (Å²) >= 11 is 0. The first-order chi connectivity index (χ1) is 20.4. The largest absolute Gasteiger partial charge is 0.351 e. The zero-order chi connectivity index (χ0) is 31.1. The minimum absolute atomic E-state index is 0.180. The third-order valence-corrected chi connectivity index (χ3v) is 7.51. The molecular formula is C30H24F5N5O3. The second kappa shape index (κ2) is 11.4. The number of amides is 3. The smallest absolute Gasteiger partial charge is 0.252 e. The fourth-order valence-electron chi connectivity index (χ4n) is 5.45. The van der Waals surface area contributed by atoms with Crippen molar-refractivity contribution >= 4 is 29.2 Å². The number of carbonyl (C=O) groups is 3. The van der Waals surface area contributed by atoms with Crippen LogP contribution in [0, 0.1) is 35.7 Å². The van der Waals surface area contributed by atoms with Gasteiger partial charge in [0.05, 0.1) is 11.3 Å². The first-order valence-corrected chi connectivity index (χ1v) is 13.3. The lowest BCUT2D eigenvalue weighted by molar-refractivity contribution is -0.133. The molecule has 43 heavy (non-hydrogen) atoms. The lowest BCUT2D eigenvalue weighted by Gasteiger charge is -2.39. The van der Waals surface area contributed by atoms with Gasteiger partial charge in [0.2, 0.25) is 11.8 Å². The van der Waals surface area contributed by atoms with Crippen LogP contribution in [0.3, 0.4) is 0 Å². The van der Waals surface area contributed by atoms with Gasteiger partial charge < -0.3 is 5.32 Å². The van der Waals surface area contributed by atoms with Gasteiger partial charge in [-0.3, -0.25) is 24.2 Å². The van der Waals surface area contributed by atoms with E-state index in [1.807, 2.05) is 0 Å². The summed E-state index contributed by atoms with van der Waals surface area (Å²) in [6.07, 6.45) is -0.597. The zero-order valence-corrected chi connectivity index (χ0v) is 22.7. The summed E-state index contributed by atoms with van der Waals surface area (Å²) in [7, 11) is 0. The normalized spacial score (nSPS) is 18.5. The SMILES string of the molecule is Cc1ccccc1[C@@H](C(=O)NC1CC(F)(F)C1)N(C(=O)[C@@H]1CCC(=O)N1c1nccc(C#N)c1F)c1cc(F)cc(F)c1. The van der Waals surface area contributed by atoms with Crippen molar-refractivity contribution in [1.82, 2.24) is 10.3 Å². The average molecular weight is 598 g/mol. The lowest BCUT2D eigenvalue weighted by atomic mass is 9.87. The Morgan fingerprint density at radius 3 is 2.42 bits per heavy atom. The van der Waals surface area contributed by atoms with Crippen LogP contribution >= 0.6 is 0 Å². The standard InChI is InChI=1S/C30H24F5N5O3/c1-16-4-2-3-5-22(16)26(28(42)38-20-13-30(34,35)14-20)39(21-11-18(31)10-19(32)12-21)29(43)23-6-7-24(41)40(23)27-25(33)17(15-36)8-9-37-27/h2-5,8-12,20,23,26H,6-7,13-14H2,1H3,(H,38,42)/t23-,26-/m0/s1. The maximum absolute atomic E-state index is 15.2. The highest BCUT2D eigenvalue weighted by atomic mass is 19.3. The number of aryl methyl sites for hydroxylation is 1. The molecule has 0 spiro atoms. The summed E-state index contributed by atoms with van der Waals surface area (Å²) < 4.78 is 71.5. The number of halogens is 5. The van der Waals surface area contributed by atoms with Crippen LogP contribution in [-0.2, 0) is 14.4 Å². The summed E-state index contributed by atoms with van der Waals surface area (Å²) in [5.41, 5.74) is -0.126. The van der Waals surface area contributed by atoms with Crippen LogP contribution < -0.4 is 15.1 Å². The molecule has 0 radical (unpaired) electrons. The number of rotatable bonds is 7. The van der Waals surface area contributed by atoms with Crippen molar-refractivity contribution in [1.29, 1.82) is 5.26 Å². The van der Waals surface area contributed by atoms with E-state index in [0.717, 1.165) is 34.2 Å². The Hall–Kier alpha value is -4.86. The van der Waals surface area contributed by atoms with Gasteiger partial charge in [0.15, 0.2) is 11.6 Å². The molecule has 1 saturated carbocycles. The third-order valence-electron chi connectivity index (χ3n) is 7.51. The van der Waals surface area contributed by atoms with Crippen LogP contribution in [0.4, 0.5) is 33.5 Å². The molecule has 1 N–H and O–H groups in total. The molecule has 2 heterocycles. The summed E-state index contributed by atoms with van der Waals surface area (Å²) in [4.78, 5) is 46.7. The molecule has 0 unspecified atom stereocenters. The highest BCUT2D eigenvalue weighted by Crippen LogP contribution is 2.39. The molecule has 3 amide bonds. The Kier molecular flexibility index (Phi) is 7.88. The van der Waals surface area contributed by atoms with Gasteiger partial charge in [-0.1, -0.05) is 24.3 Å². The molecule has 2 aromatic carbocycles. The van der Waals surface area contributed by atoms with Crippen LogP contribution in [0.25, 0.3) is 0 Å². The first-order valence-electron chi connectivity index (χ1n) is 13.3. The van der Waals surface area contributed by atoms with Crippen LogP contribution in [0.2, 0.25) is 0 Å². The van der Waals surface area contributed by atoms with Crippen LogP contribution in [0.15, 0.2) is 54.7 Å². The van der Waals surface area contributed by atoms with E-state index in [1.165, 1.54) is 6.07 Å². The minimum atomic E-state index is -2.98. The molecule has 13 heteroatoms. The van der Waals surface area contributed by atoms with Crippen molar-refractivity contribution in [2.24, 2.45) is 0 Å². The molecule has 2 aliphatic rings. The highest BCUT2D eigenvalue weighted by Gasteiger charge is 2.49. The van der Waals surface area contributed by atoms with Gasteiger partial charge in [0, 0.05) is 37.6 Å². The summed E-state index contributed by atoms with van der Waals surface area (Å²) in [6, 6.07) is 7.19. The fourth-order valence-corrected chi connectivity index (χ4v) is 5.45. The van der Waals surface area contributed by atoms with Gasteiger partial charge in [-0.2, -0.15) is 5.26 Å². The second-order valence-corrected chi connectivity index (χ2v) is 10.5. The Morgan fingerprint density at radius 2 is 1.79 bits per heavy atom. The maximum atomic E-state index is 15.2. The van der Waals surface area contributed by atoms with E-state index in [-0.39, 0.29) is 18.4 Å². The van der Waals surface area contributed by atoms with Crippen molar-refractivity contribution < 1.29 is 36.3 Å². The highest BCUT2D eigenvalue weighted by molar-refractivity contribution is 6.10. The molecule has 2 fully saturated rings. The van der Waals surface area contributed by atoms with Crippen LogP contribution in [0.1, 0.15) is 48.4 Å². The number of nitrogens with zero attached hydrogens (tertiary/aromatic N) is 4. The number of hydrogen-bond acceptors (Lipinski definition) is 5. The summed E-state index contributed by atoms with van der Waals surface area (Å²) in [5.74, 6) is -9.51. The Labute approximate surface area is 242 Å². The quantitative estimate of drug-likeness (QED) is 0.392. The maximum Gasteiger partial charge on any atom is 0.252 e. The van der Waals surface area contributed by atoms with Crippen molar-refractivity contribution in [3.63, 3.8) is 0 Å². The number of anilines is 2. The molecule has 1 aliphatic carbocycles. The number of nitrogens with one attached hydrogen (secondary N) is 1. The van der Waals surface area contributed by atoms with Gasteiger partial charge in [-0.25, -0.2) is 26.9 Å². The van der Waals surface area contributed by atoms with E-state index < -0.39 is 89.1 Å². The van der Waals surface area contributed by atoms with Gasteiger partial charge >= 0.3 is 0 Å². The van der Waals surface area contributed by atoms with Crippen molar-refractivity contribution in [2.45, 2.75) is 56.7 Å². The Balaban J connectivity index is 1.65. The minimum Gasteiger partial charge on any atom is -0.351 e. The fraction of sp³-hybridized carbons (Fsp3) is 0.300. The number of aromatic nitrogens is 1. The third kappa shape index (κ3) is 5.77. The van der Waals surface area contributed by atoms with Crippen LogP contribution in [-0.4, -0.2) is 40.7 Å². The topological polar surface area (TPSA) is 106 Å². The molecule has 3 aromatic rings. The number of carbonyl (C=O) groups excluding carboxylic acids is 3. The predicted molar refractivity (Wildman–Crippen MR) is 143 cm³/mol. The van der Waals surface area contributed by atoms with E-state index in [9.17, 15) is 37.2 Å². The molecule has 222 valence electrons. The number of alkyl halides is 2. The molecule has 5 rings (SSSR count). The number of hydrogen-bond donors (Lipinski definition) is 1. The Bertz CT molecular complexity index is 1630. The molecule has 1 aliphatic heterocycles. The summed E-state index contributed by atoms with van der Waals surface area (Å²) in [6.45, 7) is 1.63. The van der Waals surface area contributed by atoms with Gasteiger partial charge in [-0.05, 0) is 42.7 Å². The van der Waals surface area contributed by atoms with Crippen molar-refractivity contribution in [3.8, 4) is 6.07 Å². The first kappa shape index (κ1) is 29.6. The molecule has 8 nitrogen and oxygen atoms in total. The monoisotopic (exact) mass is 597 g/mol. The molecule has 1 saturated heterocycles. The molecule has 1 aromatic heterocycles. The van der Waals surface area contributed by atoms with Gasteiger partial charge in [0.1, 0.15) is 29.8 Å². The molecular weight excluding hydrogens is 573 g/mol. The zero-order valence-electron chi connectivity index (χ0n) is 22.7. The van der Waals surface area contributed by atoms with Crippen molar-refractivity contribution in [3.05, 3.63) is 88.9 Å². The number of benzene rings is 2. The number of pyridine rings is 1. The second-order valence-electron chi connectivity index (χ2n) is 10.5. The van der Waals surface area contributed by atoms with Gasteiger partial charge in [-0.15, -0.1) is 0 Å². The van der Waals surface area contributed by atoms with Crippen molar-refractivity contribution in [2.75, 3.05) is 9.80 Å². The average Bonchev–Trinajstić information content (AvgIpc) is 3.31. The van der Waals surface area contributed by atoms with E-state index >= 15 is 4.39 Å². The van der Waals surface area contributed by atoms with E-state index in [1.54, 1.807) is 31.2 Å². The lowest BCUT2D eigenvalue weighted by Crippen LogP contribution is -2.56. The predicted octanol–water partition coefficient (Wildman–Crippen LogP) is 4.86. The molecule has 0 bridgehead atoms. The Morgan fingerprint density at radius 1 is 1.12 bits per heavy atom.